The summed E-state index contributed by atoms with van der Waals surface area (Å²) in [5, 5.41) is 12.1. The van der Waals surface area contributed by atoms with Crippen LogP contribution in [0.3, 0.4) is 0 Å². The van der Waals surface area contributed by atoms with Crippen molar-refractivity contribution in [1.82, 2.24) is 15.1 Å². The van der Waals surface area contributed by atoms with Gasteiger partial charge in [-0.25, -0.2) is 27.0 Å². The van der Waals surface area contributed by atoms with Crippen LogP contribution < -0.4 is 15.4 Å². The van der Waals surface area contributed by atoms with Crippen molar-refractivity contribution >= 4 is 44.7 Å². The summed E-state index contributed by atoms with van der Waals surface area (Å²) in [5.41, 5.74) is 1.82. The van der Waals surface area contributed by atoms with Gasteiger partial charge in [-0.3, -0.25) is 9.59 Å². The molecule has 2 heterocycles. The van der Waals surface area contributed by atoms with Crippen LogP contribution >= 0.6 is 11.6 Å². The van der Waals surface area contributed by atoms with Gasteiger partial charge in [-0.1, -0.05) is 41.9 Å². The molecule has 0 atom stereocenters. The molecule has 13 heteroatoms. The second-order valence-electron chi connectivity index (χ2n) is 9.96. The molecule has 1 aromatic heterocycles. The highest BCUT2D eigenvalue weighted by Gasteiger charge is 2.41. The molecule has 0 saturated heterocycles. The lowest BCUT2D eigenvalue weighted by atomic mass is 9.97. The summed E-state index contributed by atoms with van der Waals surface area (Å²) in [6, 6.07) is 18.2. The molecule has 0 saturated carbocycles. The average Bonchev–Trinajstić information content (AvgIpc) is 3.36. The van der Waals surface area contributed by atoms with E-state index >= 15 is 8.78 Å². The molecule has 0 spiro atoms. The number of allylic oxidation sites excluding steroid dienone is 1. The highest BCUT2D eigenvalue weighted by molar-refractivity contribution is 7.89. The zero-order chi connectivity index (χ0) is 30.9. The number of para-hydroxylation sites is 1. The Balaban J connectivity index is 1.41. The zero-order valence-corrected chi connectivity index (χ0v) is 24.4. The van der Waals surface area contributed by atoms with E-state index in [0.717, 1.165) is 11.8 Å². The molecule has 0 bridgehead atoms. The van der Waals surface area contributed by atoms with E-state index in [1.807, 2.05) is 13.0 Å². The van der Waals surface area contributed by atoms with Crippen LogP contribution in [0.15, 0.2) is 90.0 Å². The molecule has 2 amide bonds. The van der Waals surface area contributed by atoms with Gasteiger partial charge in [-0.2, -0.15) is 5.10 Å². The Bertz CT molecular complexity index is 1860. The second kappa shape index (κ2) is 11.7. The Labute approximate surface area is 251 Å². The van der Waals surface area contributed by atoms with Gasteiger partial charge >= 0.3 is 0 Å². The first kappa shape index (κ1) is 30.1. The molecule has 9 nitrogen and oxygen atoms in total. The molecule has 0 radical (unpaired) electrons. The Kier molecular flexibility index (Phi) is 8.19. The maximum atomic E-state index is 15.6. The number of benzene rings is 3. The Morgan fingerprint density at radius 1 is 1.09 bits per heavy atom. The highest BCUT2D eigenvalue weighted by atomic mass is 35.5. The predicted octanol–water partition coefficient (Wildman–Crippen LogP) is 4.87. The zero-order valence-electron chi connectivity index (χ0n) is 22.8. The number of anilines is 1. The Hall–Kier alpha value is -4.39. The van der Waals surface area contributed by atoms with Crippen molar-refractivity contribution in [3.63, 3.8) is 0 Å². The van der Waals surface area contributed by atoms with Crippen molar-refractivity contribution in [3.05, 3.63) is 112 Å². The number of carbonyl (C=O) groups is 2. The van der Waals surface area contributed by atoms with Crippen LogP contribution in [0.1, 0.15) is 33.6 Å². The molecule has 5 rings (SSSR count). The van der Waals surface area contributed by atoms with Crippen molar-refractivity contribution in [2.24, 2.45) is 5.14 Å². The predicted molar refractivity (Wildman–Crippen MR) is 159 cm³/mol. The van der Waals surface area contributed by atoms with E-state index in [1.165, 1.54) is 41.3 Å². The standard InChI is InChI=1S/C30H26ClF2N5O4S/c1-19-12-14-38(36-19)21-8-11-24(26(31)16-21)29(40)37-15-13-30(32,33)25(23-4-2-3-5-27(23)37)17-28(39)35-18-20-6-9-22(10-7-20)43(34,41)42/h2-12,14,16-17H,13,15,18H2,1H3,(H,35,39)(H2,34,41,42). The summed E-state index contributed by atoms with van der Waals surface area (Å²) in [6.07, 6.45) is 1.85. The first-order valence-electron chi connectivity index (χ1n) is 13.1. The van der Waals surface area contributed by atoms with Crippen LogP contribution in [0.4, 0.5) is 14.5 Å². The summed E-state index contributed by atoms with van der Waals surface area (Å²) < 4.78 is 55.6. The number of nitrogens with two attached hydrogens (primary N) is 1. The third kappa shape index (κ3) is 6.51. The number of carbonyl (C=O) groups excluding carboxylic acids is 2. The minimum atomic E-state index is -3.88. The number of alkyl halides is 2. The maximum absolute atomic E-state index is 15.6. The minimum absolute atomic E-state index is 0.0331. The molecule has 43 heavy (non-hydrogen) atoms. The normalized spacial score (nSPS) is 15.6. The van der Waals surface area contributed by atoms with Crippen LogP contribution in [0.2, 0.25) is 5.02 Å². The molecule has 1 aliphatic heterocycles. The fraction of sp³-hybridized carbons (Fsp3) is 0.167. The number of rotatable bonds is 6. The molecule has 0 fully saturated rings. The molecule has 3 N–H and O–H groups in total. The van der Waals surface area contributed by atoms with Crippen molar-refractivity contribution < 1.29 is 26.8 Å². The van der Waals surface area contributed by atoms with E-state index in [9.17, 15) is 18.0 Å². The van der Waals surface area contributed by atoms with Gasteiger partial charge in [0.2, 0.25) is 15.9 Å². The number of aryl methyl sites for hydroxylation is 1. The summed E-state index contributed by atoms with van der Waals surface area (Å²) >= 11 is 6.50. The van der Waals surface area contributed by atoms with Crippen molar-refractivity contribution in [3.8, 4) is 5.69 Å². The lowest BCUT2D eigenvalue weighted by Crippen LogP contribution is -2.33. The third-order valence-electron chi connectivity index (χ3n) is 6.94. The van der Waals surface area contributed by atoms with Gasteiger partial charge in [-0.15, -0.1) is 0 Å². The lowest BCUT2D eigenvalue weighted by Gasteiger charge is -2.23. The molecule has 0 aliphatic carbocycles. The average molecular weight is 626 g/mol. The van der Waals surface area contributed by atoms with E-state index in [0.29, 0.717) is 11.3 Å². The van der Waals surface area contributed by atoms with Crippen LogP contribution in [0, 0.1) is 6.92 Å². The van der Waals surface area contributed by atoms with E-state index in [4.69, 9.17) is 16.7 Å². The first-order chi connectivity index (χ1) is 20.3. The molecule has 222 valence electrons. The van der Waals surface area contributed by atoms with Crippen molar-refractivity contribution in [2.45, 2.75) is 30.7 Å². The second-order valence-corrected chi connectivity index (χ2v) is 11.9. The van der Waals surface area contributed by atoms with E-state index in [-0.39, 0.29) is 39.8 Å². The van der Waals surface area contributed by atoms with E-state index in [1.54, 1.807) is 41.2 Å². The molecular weight excluding hydrogens is 600 g/mol. The monoisotopic (exact) mass is 625 g/mol. The fourth-order valence-electron chi connectivity index (χ4n) is 4.73. The van der Waals surface area contributed by atoms with E-state index in [2.05, 4.69) is 10.4 Å². The number of primary sulfonamides is 1. The van der Waals surface area contributed by atoms with Crippen LogP contribution in [0.25, 0.3) is 11.3 Å². The van der Waals surface area contributed by atoms with Gasteiger partial charge < -0.3 is 10.2 Å². The summed E-state index contributed by atoms with van der Waals surface area (Å²) in [6.45, 7) is 1.47. The van der Waals surface area contributed by atoms with Crippen molar-refractivity contribution in [1.29, 1.82) is 0 Å². The molecular formula is C30H26ClF2N5O4S. The number of nitrogens with zero attached hydrogens (tertiary/aromatic N) is 3. The van der Waals surface area contributed by atoms with Crippen LogP contribution in [-0.2, 0) is 21.4 Å². The topological polar surface area (TPSA) is 127 Å². The van der Waals surface area contributed by atoms with Crippen LogP contribution in [0.5, 0.6) is 0 Å². The Morgan fingerprint density at radius 3 is 2.47 bits per heavy atom. The smallest absolute Gasteiger partial charge is 0.275 e. The van der Waals surface area contributed by atoms with E-state index < -0.39 is 39.8 Å². The molecule has 4 aromatic rings. The summed E-state index contributed by atoms with van der Waals surface area (Å²) in [5.74, 6) is -4.79. The highest BCUT2D eigenvalue weighted by Crippen LogP contribution is 2.43. The number of fused-ring (bicyclic) bond motifs is 1. The molecule has 1 aliphatic rings. The third-order valence-corrected chi connectivity index (χ3v) is 8.18. The SMILES string of the molecule is Cc1ccn(-c2ccc(C(=O)N3CCC(F)(F)C(=CC(=O)NCc4ccc(S(N)(=O)=O)cc4)c4ccccc43)c(Cl)c2)n1. The molecule has 0 unspecified atom stereocenters. The van der Waals surface area contributed by atoms with Gasteiger partial charge in [0.25, 0.3) is 11.8 Å². The Morgan fingerprint density at radius 2 is 1.81 bits per heavy atom. The number of amides is 2. The first-order valence-corrected chi connectivity index (χ1v) is 15.0. The van der Waals surface area contributed by atoms with Gasteiger partial charge in [-0.05, 0) is 55.0 Å². The largest absolute Gasteiger partial charge is 0.348 e. The number of nitrogens with one attached hydrogen (secondary N) is 1. The number of halogens is 3. The van der Waals surface area contributed by atoms with Gasteiger partial charge in [0.15, 0.2) is 0 Å². The van der Waals surface area contributed by atoms with Gasteiger partial charge in [0, 0.05) is 42.9 Å². The fourth-order valence-corrected chi connectivity index (χ4v) is 5.50. The number of sulfonamides is 1. The number of aromatic nitrogens is 2. The maximum Gasteiger partial charge on any atom is 0.275 e. The lowest BCUT2D eigenvalue weighted by molar-refractivity contribution is -0.116. The minimum Gasteiger partial charge on any atom is -0.348 e. The number of hydrogen-bond donors (Lipinski definition) is 2. The van der Waals surface area contributed by atoms with Crippen molar-refractivity contribution in [2.75, 3.05) is 11.4 Å². The summed E-state index contributed by atoms with van der Waals surface area (Å²) in [4.78, 5) is 27.7. The molecule has 3 aromatic carbocycles. The van der Waals surface area contributed by atoms with Crippen LogP contribution in [-0.4, -0.2) is 42.5 Å². The summed E-state index contributed by atoms with van der Waals surface area (Å²) in [7, 11) is -3.88. The van der Waals surface area contributed by atoms with Gasteiger partial charge in [0.1, 0.15) is 0 Å². The quantitative estimate of drug-likeness (QED) is 0.296. The number of hydrogen-bond acceptors (Lipinski definition) is 5. The van der Waals surface area contributed by atoms with Gasteiger partial charge in [0.05, 0.1) is 32.6 Å².